The van der Waals surface area contributed by atoms with E-state index in [1.54, 1.807) is 17.5 Å². The van der Waals surface area contributed by atoms with Crippen molar-refractivity contribution in [3.8, 4) is 0 Å². The summed E-state index contributed by atoms with van der Waals surface area (Å²) in [7, 11) is 0. The monoisotopic (exact) mass is 389 g/mol. The number of hydrogen-bond donors (Lipinski definition) is 0. The Morgan fingerprint density at radius 1 is 1.21 bits per heavy atom. The Morgan fingerprint density at radius 2 is 2.11 bits per heavy atom. The molecule has 1 saturated heterocycles. The third-order valence-electron chi connectivity index (χ3n) is 5.13. The molecule has 1 fully saturated rings. The fourth-order valence-corrected chi connectivity index (χ4v) is 4.57. The molecule has 0 aliphatic carbocycles. The van der Waals surface area contributed by atoms with Gasteiger partial charge in [-0.1, -0.05) is 30.3 Å². The summed E-state index contributed by atoms with van der Waals surface area (Å²) in [6.45, 7) is 0.763. The standard InChI is InChI=1S/C22H19N3O2S/c26-22(25-11-4-7-18(25)21-23-10-12-28-21)16-8-9-19-17(14-16)24-20(27-19)13-15-5-2-1-3-6-15/h1-3,5-6,8-10,12,14,18H,4,7,11,13H2. The average Bonchev–Trinajstić information content (AvgIpc) is 3.46. The first-order valence-corrected chi connectivity index (χ1v) is 10.3. The first-order valence-electron chi connectivity index (χ1n) is 9.42. The lowest BCUT2D eigenvalue weighted by Crippen LogP contribution is -2.30. The molecule has 0 spiro atoms. The molecule has 28 heavy (non-hydrogen) atoms. The third kappa shape index (κ3) is 3.20. The maximum Gasteiger partial charge on any atom is 0.254 e. The highest BCUT2D eigenvalue weighted by Crippen LogP contribution is 2.34. The number of nitrogens with zero attached hydrogens (tertiary/aromatic N) is 3. The van der Waals surface area contributed by atoms with Gasteiger partial charge in [0.15, 0.2) is 11.5 Å². The van der Waals surface area contributed by atoms with E-state index in [-0.39, 0.29) is 11.9 Å². The van der Waals surface area contributed by atoms with Crippen molar-refractivity contribution in [2.24, 2.45) is 0 Å². The van der Waals surface area contributed by atoms with Crippen LogP contribution < -0.4 is 0 Å². The normalized spacial score (nSPS) is 16.7. The number of rotatable bonds is 4. The first kappa shape index (κ1) is 17.1. The van der Waals surface area contributed by atoms with Gasteiger partial charge in [0.2, 0.25) is 0 Å². The Bertz CT molecular complexity index is 1110. The zero-order chi connectivity index (χ0) is 18.9. The van der Waals surface area contributed by atoms with E-state index < -0.39 is 0 Å². The van der Waals surface area contributed by atoms with Crippen LogP contribution in [0, 0.1) is 0 Å². The molecule has 1 aliphatic heterocycles. The molecule has 0 N–H and O–H groups in total. The Labute approximate surface area is 166 Å². The molecule has 140 valence electrons. The van der Waals surface area contributed by atoms with E-state index in [9.17, 15) is 4.79 Å². The summed E-state index contributed by atoms with van der Waals surface area (Å²) in [4.78, 5) is 24.1. The van der Waals surface area contributed by atoms with Crippen LogP contribution in [-0.4, -0.2) is 27.3 Å². The van der Waals surface area contributed by atoms with Crippen molar-refractivity contribution >= 4 is 28.3 Å². The summed E-state index contributed by atoms with van der Waals surface area (Å²) < 4.78 is 5.87. The molecule has 1 unspecified atom stereocenters. The summed E-state index contributed by atoms with van der Waals surface area (Å²) in [6.07, 6.45) is 4.41. The summed E-state index contributed by atoms with van der Waals surface area (Å²) in [5, 5.41) is 2.98. The second kappa shape index (κ2) is 7.20. The van der Waals surface area contributed by atoms with Crippen LogP contribution in [-0.2, 0) is 6.42 Å². The van der Waals surface area contributed by atoms with Gasteiger partial charge in [0.05, 0.1) is 6.04 Å². The Balaban J connectivity index is 1.40. The minimum absolute atomic E-state index is 0.0345. The van der Waals surface area contributed by atoms with Crippen molar-refractivity contribution < 1.29 is 9.21 Å². The highest BCUT2D eigenvalue weighted by Gasteiger charge is 2.32. The van der Waals surface area contributed by atoms with Gasteiger partial charge in [-0.2, -0.15) is 0 Å². The smallest absolute Gasteiger partial charge is 0.254 e. The van der Waals surface area contributed by atoms with Crippen molar-refractivity contribution in [3.63, 3.8) is 0 Å². The van der Waals surface area contributed by atoms with E-state index in [1.165, 1.54) is 0 Å². The predicted molar refractivity (Wildman–Crippen MR) is 108 cm³/mol. The summed E-state index contributed by atoms with van der Waals surface area (Å²) >= 11 is 1.61. The van der Waals surface area contributed by atoms with Crippen LogP contribution in [0.2, 0.25) is 0 Å². The molecule has 1 atom stereocenters. The number of oxazole rings is 1. The average molecular weight is 389 g/mol. The van der Waals surface area contributed by atoms with Gasteiger partial charge in [-0.15, -0.1) is 11.3 Å². The number of aromatic nitrogens is 2. The van der Waals surface area contributed by atoms with Crippen LogP contribution >= 0.6 is 11.3 Å². The van der Waals surface area contributed by atoms with Crippen LogP contribution in [0.25, 0.3) is 11.1 Å². The highest BCUT2D eigenvalue weighted by molar-refractivity contribution is 7.09. The zero-order valence-corrected chi connectivity index (χ0v) is 16.1. The molecule has 6 heteroatoms. The van der Waals surface area contributed by atoms with E-state index in [1.807, 2.05) is 46.7 Å². The molecule has 0 bridgehead atoms. The summed E-state index contributed by atoms with van der Waals surface area (Å²) in [6, 6.07) is 15.7. The van der Waals surface area contributed by atoms with Crippen molar-refractivity contribution in [1.29, 1.82) is 0 Å². The van der Waals surface area contributed by atoms with Gasteiger partial charge >= 0.3 is 0 Å². The van der Waals surface area contributed by atoms with Gasteiger partial charge in [0.1, 0.15) is 10.5 Å². The Hall–Kier alpha value is -2.99. The molecule has 5 nitrogen and oxygen atoms in total. The van der Waals surface area contributed by atoms with Gasteiger partial charge in [-0.25, -0.2) is 9.97 Å². The van der Waals surface area contributed by atoms with Gasteiger partial charge in [0.25, 0.3) is 5.91 Å². The first-order chi connectivity index (χ1) is 13.8. The molecule has 0 saturated carbocycles. The Kier molecular flexibility index (Phi) is 4.41. The lowest BCUT2D eigenvalue weighted by molar-refractivity contribution is 0.0735. The molecular formula is C22H19N3O2S. The largest absolute Gasteiger partial charge is 0.440 e. The quantitative estimate of drug-likeness (QED) is 0.500. The van der Waals surface area contributed by atoms with Crippen LogP contribution in [0.4, 0.5) is 0 Å². The fraction of sp³-hybridized carbons (Fsp3) is 0.227. The van der Waals surface area contributed by atoms with Crippen LogP contribution in [0.1, 0.15) is 45.7 Å². The lowest BCUT2D eigenvalue weighted by atomic mass is 10.1. The number of thiazole rings is 1. The van der Waals surface area contributed by atoms with Crippen molar-refractivity contribution in [2.75, 3.05) is 6.54 Å². The molecule has 4 aromatic rings. The number of amides is 1. The fourth-order valence-electron chi connectivity index (χ4n) is 3.79. The molecule has 2 aromatic heterocycles. The van der Waals surface area contributed by atoms with E-state index in [0.717, 1.165) is 35.5 Å². The van der Waals surface area contributed by atoms with Crippen LogP contribution in [0.5, 0.6) is 0 Å². The second-order valence-electron chi connectivity index (χ2n) is 6.98. The summed E-state index contributed by atoms with van der Waals surface area (Å²) in [5.41, 5.74) is 3.23. The SMILES string of the molecule is O=C(c1ccc2oc(Cc3ccccc3)nc2c1)N1CCCC1c1nccs1. The van der Waals surface area contributed by atoms with Gasteiger partial charge in [-0.05, 0) is 36.6 Å². The predicted octanol–water partition coefficient (Wildman–Crippen LogP) is 4.85. The van der Waals surface area contributed by atoms with Crippen molar-refractivity contribution in [2.45, 2.75) is 25.3 Å². The number of carbonyl (C=O) groups is 1. The number of fused-ring (bicyclic) bond motifs is 1. The number of hydrogen-bond acceptors (Lipinski definition) is 5. The molecule has 1 amide bonds. The third-order valence-corrected chi connectivity index (χ3v) is 6.00. The molecular weight excluding hydrogens is 370 g/mol. The summed E-state index contributed by atoms with van der Waals surface area (Å²) in [5.74, 6) is 0.694. The molecule has 3 heterocycles. The number of likely N-dealkylation sites (tertiary alicyclic amines) is 1. The van der Waals surface area contributed by atoms with Gasteiger partial charge < -0.3 is 9.32 Å². The van der Waals surface area contributed by atoms with Crippen LogP contribution in [0.15, 0.2) is 64.5 Å². The van der Waals surface area contributed by atoms with Gasteiger partial charge in [0, 0.05) is 30.1 Å². The minimum Gasteiger partial charge on any atom is -0.440 e. The van der Waals surface area contributed by atoms with E-state index in [0.29, 0.717) is 23.5 Å². The van der Waals surface area contributed by atoms with E-state index in [2.05, 4.69) is 22.1 Å². The van der Waals surface area contributed by atoms with E-state index >= 15 is 0 Å². The van der Waals surface area contributed by atoms with Crippen LogP contribution in [0.3, 0.4) is 0 Å². The second-order valence-corrected chi connectivity index (χ2v) is 7.91. The molecule has 0 radical (unpaired) electrons. The van der Waals surface area contributed by atoms with E-state index in [4.69, 9.17) is 4.42 Å². The number of carbonyl (C=O) groups excluding carboxylic acids is 1. The Morgan fingerprint density at radius 3 is 2.93 bits per heavy atom. The van der Waals surface area contributed by atoms with Crippen molar-refractivity contribution in [3.05, 3.63) is 82.1 Å². The van der Waals surface area contributed by atoms with Gasteiger partial charge in [-0.3, -0.25) is 4.79 Å². The zero-order valence-electron chi connectivity index (χ0n) is 15.2. The molecule has 1 aliphatic rings. The molecule has 2 aromatic carbocycles. The van der Waals surface area contributed by atoms with Crippen molar-refractivity contribution in [1.82, 2.24) is 14.9 Å². The maximum absolute atomic E-state index is 13.1. The topological polar surface area (TPSA) is 59.2 Å². The number of benzene rings is 2. The molecule has 5 rings (SSSR count). The highest BCUT2D eigenvalue weighted by atomic mass is 32.1. The lowest BCUT2D eigenvalue weighted by Gasteiger charge is -2.23. The maximum atomic E-state index is 13.1. The minimum atomic E-state index is 0.0345.